The summed E-state index contributed by atoms with van der Waals surface area (Å²) in [7, 11) is 0. The van der Waals surface area contributed by atoms with Gasteiger partial charge in [-0.25, -0.2) is 0 Å². The molecule has 1 heteroatoms. The van der Waals surface area contributed by atoms with E-state index >= 15 is 0 Å². The SMILES string of the molecule is [CH2]CCC(C(=O)CCCc1ccccc1)c1ccccc1. The van der Waals surface area contributed by atoms with Crippen molar-refractivity contribution in [2.24, 2.45) is 0 Å². The number of benzene rings is 2. The number of Topliss-reactive ketones (excluding diaryl/α,β-unsaturated/α-hetero) is 1. The fourth-order valence-electron chi connectivity index (χ4n) is 2.69. The van der Waals surface area contributed by atoms with Gasteiger partial charge in [-0.15, -0.1) is 0 Å². The van der Waals surface area contributed by atoms with Crippen LogP contribution in [0.5, 0.6) is 0 Å². The van der Waals surface area contributed by atoms with Crippen molar-refractivity contribution < 1.29 is 4.79 Å². The molecule has 21 heavy (non-hydrogen) atoms. The Morgan fingerprint density at radius 3 is 2.19 bits per heavy atom. The Morgan fingerprint density at radius 2 is 1.57 bits per heavy atom. The van der Waals surface area contributed by atoms with E-state index in [-0.39, 0.29) is 5.92 Å². The smallest absolute Gasteiger partial charge is 0.140 e. The maximum Gasteiger partial charge on any atom is 0.140 e. The highest BCUT2D eigenvalue weighted by Gasteiger charge is 2.18. The Morgan fingerprint density at radius 1 is 0.952 bits per heavy atom. The summed E-state index contributed by atoms with van der Waals surface area (Å²) in [5, 5.41) is 0. The van der Waals surface area contributed by atoms with Crippen LogP contribution in [0.3, 0.4) is 0 Å². The third-order valence-electron chi connectivity index (χ3n) is 3.81. The van der Waals surface area contributed by atoms with Crippen LogP contribution in [0.4, 0.5) is 0 Å². The molecule has 0 fully saturated rings. The van der Waals surface area contributed by atoms with E-state index in [1.807, 2.05) is 36.4 Å². The van der Waals surface area contributed by atoms with Gasteiger partial charge >= 0.3 is 0 Å². The predicted molar refractivity (Wildman–Crippen MR) is 88.2 cm³/mol. The lowest BCUT2D eigenvalue weighted by atomic mass is 9.88. The van der Waals surface area contributed by atoms with E-state index in [2.05, 4.69) is 31.2 Å². The highest BCUT2D eigenvalue weighted by atomic mass is 16.1. The van der Waals surface area contributed by atoms with Gasteiger partial charge in [0, 0.05) is 12.3 Å². The van der Waals surface area contributed by atoms with Gasteiger partial charge in [-0.3, -0.25) is 4.79 Å². The minimum Gasteiger partial charge on any atom is -0.299 e. The van der Waals surface area contributed by atoms with E-state index in [0.29, 0.717) is 12.2 Å². The summed E-state index contributed by atoms with van der Waals surface area (Å²) in [6.45, 7) is 3.91. The maximum atomic E-state index is 12.5. The molecule has 1 nitrogen and oxygen atoms in total. The first-order valence-corrected chi connectivity index (χ1v) is 7.72. The van der Waals surface area contributed by atoms with Gasteiger partial charge in [-0.1, -0.05) is 74.0 Å². The average molecular weight is 279 g/mol. The molecule has 0 aliphatic carbocycles. The number of carbonyl (C=O) groups excluding carboxylic acids is 1. The van der Waals surface area contributed by atoms with Gasteiger partial charge in [0.2, 0.25) is 0 Å². The van der Waals surface area contributed by atoms with Gasteiger partial charge < -0.3 is 0 Å². The van der Waals surface area contributed by atoms with E-state index < -0.39 is 0 Å². The first kappa shape index (κ1) is 15.5. The molecule has 0 aromatic heterocycles. The van der Waals surface area contributed by atoms with Crippen molar-refractivity contribution in [3.8, 4) is 0 Å². The summed E-state index contributed by atoms with van der Waals surface area (Å²) < 4.78 is 0. The van der Waals surface area contributed by atoms with Crippen molar-refractivity contribution in [1.29, 1.82) is 0 Å². The number of hydrogen-bond donors (Lipinski definition) is 0. The summed E-state index contributed by atoms with van der Waals surface area (Å²) in [5.41, 5.74) is 2.43. The topological polar surface area (TPSA) is 17.1 Å². The Hall–Kier alpha value is -1.89. The summed E-state index contributed by atoms with van der Waals surface area (Å²) in [4.78, 5) is 12.5. The molecule has 0 spiro atoms. The average Bonchev–Trinajstić information content (AvgIpc) is 2.54. The Kier molecular flexibility index (Phi) is 6.21. The molecular formula is C20H23O. The molecule has 1 radical (unpaired) electrons. The molecule has 0 aliphatic heterocycles. The van der Waals surface area contributed by atoms with Gasteiger partial charge in [0.15, 0.2) is 0 Å². The molecule has 2 aromatic rings. The van der Waals surface area contributed by atoms with Crippen molar-refractivity contribution in [3.63, 3.8) is 0 Å². The lowest BCUT2D eigenvalue weighted by molar-refractivity contribution is -0.120. The molecule has 0 aliphatic rings. The molecule has 0 amide bonds. The Labute approximate surface area is 128 Å². The van der Waals surface area contributed by atoms with Crippen molar-refractivity contribution in [1.82, 2.24) is 0 Å². The quantitative estimate of drug-likeness (QED) is 0.666. The fraction of sp³-hybridized carbons (Fsp3) is 0.300. The van der Waals surface area contributed by atoms with Crippen LogP contribution in [-0.4, -0.2) is 5.78 Å². The van der Waals surface area contributed by atoms with Crippen LogP contribution < -0.4 is 0 Å². The number of rotatable bonds is 8. The van der Waals surface area contributed by atoms with Crippen molar-refractivity contribution in [2.45, 2.75) is 38.0 Å². The molecule has 1 atom stereocenters. The maximum absolute atomic E-state index is 12.5. The molecule has 2 rings (SSSR count). The van der Waals surface area contributed by atoms with Crippen LogP contribution in [0, 0.1) is 6.92 Å². The lowest BCUT2D eigenvalue weighted by Crippen LogP contribution is -2.12. The van der Waals surface area contributed by atoms with E-state index in [4.69, 9.17) is 0 Å². The van der Waals surface area contributed by atoms with Crippen LogP contribution in [-0.2, 0) is 11.2 Å². The summed E-state index contributed by atoms with van der Waals surface area (Å²) in [6.07, 6.45) is 4.18. The Bertz CT molecular complexity index is 530. The minimum absolute atomic E-state index is 0.0134. The van der Waals surface area contributed by atoms with Crippen molar-refractivity contribution in [2.75, 3.05) is 0 Å². The van der Waals surface area contributed by atoms with Crippen LogP contribution >= 0.6 is 0 Å². The first-order valence-electron chi connectivity index (χ1n) is 7.72. The van der Waals surface area contributed by atoms with Gasteiger partial charge in [-0.2, -0.15) is 0 Å². The zero-order valence-corrected chi connectivity index (χ0v) is 12.5. The van der Waals surface area contributed by atoms with Crippen LogP contribution in [0.25, 0.3) is 0 Å². The van der Waals surface area contributed by atoms with Gasteiger partial charge in [0.1, 0.15) is 5.78 Å². The standard InChI is InChI=1S/C20H23O/c1-2-10-19(18-14-7-4-8-15-18)20(21)16-9-13-17-11-5-3-6-12-17/h3-8,11-12,14-15,19H,1-2,9-10,13,16H2. The number of ketones is 1. The zero-order valence-electron chi connectivity index (χ0n) is 12.5. The largest absolute Gasteiger partial charge is 0.299 e. The minimum atomic E-state index is 0.0134. The second kappa shape index (κ2) is 8.41. The molecule has 0 N–H and O–H groups in total. The normalized spacial score (nSPS) is 12.0. The third-order valence-corrected chi connectivity index (χ3v) is 3.81. The summed E-state index contributed by atoms with van der Waals surface area (Å²) in [6, 6.07) is 20.5. The molecule has 0 saturated carbocycles. The highest BCUT2D eigenvalue weighted by Crippen LogP contribution is 2.24. The van der Waals surface area contributed by atoms with E-state index in [1.165, 1.54) is 5.56 Å². The highest BCUT2D eigenvalue weighted by molar-refractivity contribution is 5.85. The molecule has 1 unspecified atom stereocenters. The van der Waals surface area contributed by atoms with Gasteiger partial charge in [-0.05, 0) is 30.4 Å². The lowest BCUT2D eigenvalue weighted by Gasteiger charge is -2.15. The van der Waals surface area contributed by atoms with Crippen molar-refractivity contribution >= 4 is 5.78 Å². The molecule has 0 bridgehead atoms. The Balaban J connectivity index is 1.90. The number of carbonyl (C=O) groups is 1. The molecule has 0 saturated heterocycles. The second-order valence-electron chi connectivity index (χ2n) is 5.41. The third kappa shape index (κ3) is 4.86. The van der Waals surface area contributed by atoms with E-state index in [9.17, 15) is 4.79 Å². The predicted octanol–water partition coefficient (Wildman–Crippen LogP) is 4.98. The number of aryl methyl sites for hydroxylation is 1. The van der Waals surface area contributed by atoms with E-state index in [0.717, 1.165) is 31.2 Å². The fourth-order valence-corrected chi connectivity index (χ4v) is 2.69. The summed E-state index contributed by atoms with van der Waals surface area (Å²) >= 11 is 0. The molecular weight excluding hydrogens is 256 g/mol. The second-order valence-corrected chi connectivity index (χ2v) is 5.41. The van der Waals surface area contributed by atoms with Gasteiger partial charge in [0.05, 0.1) is 0 Å². The van der Waals surface area contributed by atoms with Crippen LogP contribution in [0.15, 0.2) is 60.7 Å². The van der Waals surface area contributed by atoms with Crippen LogP contribution in [0.2, 0.25) is 0 Å². The number of hydrogen-bond acceptors (Lipinski definition) is 1. The molecule has 2 aromatic carbocycles. The monoisotopic (exact) mass is 279 g/mol. The van der Waals surface area contributed by atoms with Crippen LogP contribution in [0.1, 0.15) is 42.7 Å². The van der Waals surface area contributed by atoms with Gasteiger partial charge in [0.25, 0.3) is 0 Å². The zero-order chi connectivity index (χ0) is 14.9. The van der Waals surface area contributed by atoms with E-state index in [1.54, 1.807) is 0 Å². The first-order chi connectivity index (χ1) is 10.3. The van der Waals surface area contributed by atoms with Crippen molar-refractivity contribution in [3.05, 3.63) is 78.7 Å². The molecule has 0 heterocycles. The molecule has 109 valence electrons. The summed E-state index contributed by atoms with van der Waals surface area (Å²) in [5.74, 6) is 0.361.